The highest BCUT2D eigenvalue weighted by Gasteiger charge is 2.31. The first-order valence-electron chi connectivity index (χ1n) is 11.1. The van der Waals surface area contributed by atoms with E-state index in [4.69, 9.17) is 14.2 Å². The van der Waals surface area contributed by atoms with Crippen molar-refractivity contribution < 1.29 is 28.9 Å². The molecule has 0 saturated carbocycles. The average Bonchev–Trinajstić information content (AvgIpc) is 3.17. The second-order valence-electron chi connectivity index (χ2n) is 8.54. The summed E-state index contributed by atoms with van der Waals surface area (Å²) in [6.07, 6.45) is 3.22. The minimum atomic E-state index is -0.510. The molecule has 0 amide bonds. The monoisotopic (exact) mass is 446 g/mol. The van der Waals surface area contributed by atoms with Crippen LogP contribution in [0.3, 0.4) is 0 Å². The molecule has 1 saturated heterocycles. The maximum atomic E-state index is 12.1. The van der Waals surface area contributed by atoms with Crippen molar-refractivity contribution in [2.45, 2.75) is 39.7 Å². The molecule has 1 aromatic carbocycles. The SMILES string of the molecule is COc1c(C)c2c(c(O)c1C/C=C(\C)CCC(=O)OCCN1CCN(C)CC1)C(=O)OC2. The van der Waals surface area contributed by atoms with Gasteiger partial charge in [-0.15, -0.1) is 0 Å². The molecule has 176 valence electrons. The molecule has 0 spiro atoms. The standard InChI is InChI=1S/C24H34N2O6/c1-16(6-8-20(27)31-14-13-26-11-9-25(3)10-12-26)5-7-18-22(28)21-19(15-32-24(21)29)17(2)23(18)30-4/h5,28H,6-15H2,1-4H3/b16-5+. The predicted molar refractivity (Wildman–Crippen MR) is 120 cm³/mol. The minimum absolute atomic E-state index is 0.0858. The predicted octanol–water partition coefficient (Wildman–Crippen LogP) is 2.44. The first-order chi connectivity index (χ1) is 15.3. The Morgan fingerprint density at radius 2 is 1.94 bits per heavy atom. The molecule has 1 fully saturated rings. The van der Waals surface area contributed by atoms with Gasteiger partial charge in [0.05, 0.1) is 7.11 Å². The van der Waals surface area contributed by atoms with Crippen molar-refractivity contribution in [1.82, 2.24) is 9.80 Å². The van der Waals surface area contributed by atoms with Gasteiger partial charge < -0.3 is 24.2 Å². The lowest BCUT2D eigenvalue weighted by Gasteiger charge is -2.32. The van der Waals surface area contributed by atoms with Crippen molar-refractivity contribution in [3.8, 4) is 11.5 Å². The first kappa shape index (κ1) is 24.1. The number of esters is 2. The van der Waals surface area contributed by atoms with Gasteiger partial charge in [-0.3, -0.25) is 9.69 Å². The molecule has 32 heavy (non-hydrogen) atoms. The second kappa shape index (κ2) is 10.8. The maximum Gasteiger partial charge on any atom is 0.342 e. The molecule has 2 heterocycles. The molecule has 1 N–H and O–H groups in total. The molecule has 8 heteroatoms. The smallest absolute Gasteiger partial charge is 0.342 e. The highest BCUT2D eigenvalue weighted by Crippen LogP contribution is 2.42. The highest BCUT2D eigenvalue weighted by atomic mass is 16.5. The summed E-state index contributed by atoms with van der Waals surface area (Å²) < 4.78 is 16.0. The topological polar surface area (TPSA) is 88.5 Å². The van der Waals surface area contributed by atoms with Crippen molar-refractivity contribution in [1.29, 1.82) is 0 Å². The van der Waals surface area contributed by atoms with E-state index in [9.17, 15) is 14.7 Å². The van der Waals surface area contributed by atoms with Crippen LogP contribution in [-0.2, 0) is 27.3 Å². The second-order valence-corrected chi connectivity index (χ2v) is 8.54. The van der Waals surface area contributed by atoms with E-state index in [1.807, 2.05) is 19.9 Å². The number of allylic oxidation sites excluding steroid dienone is 2. The van der Waals surface area contributed by atoms with Crippen LogP contribution in [0.1, 0.15) is 46.8 Å². The molecular formula is C24H34N2O6. The number of likely N-dealkylation sites (N-methyl/N-ethyl adjacent to an activating group) is 1. The van der Waals surface area contributed by atoms with E-state index >= 15 is 0 Å². The number of carbonyl (C=O) groups excluding carboxylic acids is 2. The number of hydrogen-bond donors (Lipinski definition) is 1. The molecule has 0 atom stereocenters. The van der Waals surface area contributed by atoms with Gasteiger partial charge in [0.25, 0.3) is 0 Å². The van der Waals surface area contributed by atoms with Crippen molar-refractivity contribution in [3.05, 3.63) is 33.9 Å². The summed E-state index contributed by atoms with van der Waals surface area (Å²) in [5, 5.41) is 10.7. The van der Waals surface area contributed by atoms with Gasteiger partial charge >= 0.3 is 11.9 Å². The maximum absolute atomic E-state index is 12.1. The summed E-state index contributed by atoms with van der Waals surface area (Å²) in [6, 6.07) is 0. The Kier molecular flexibility index (Phi) is 8.15. The van der Waals surface area contributed by atoms with Gasteiger partial charge in [0.15, 0.2) is 0 Å². The first-order valence-corrected chi connectivity index (χ1v) is 11.1. The Bertz CT molecular complexity index is 887. The number of cyclic esters (lactones) is 1. The number of nitrogens with zero attached hydrogens (tertiary/aromatic N) is 2. The van der Waals surface area contributed by atoms with Crippen LogP contribution < -0.4 is 4.74 Å². The highest BCUT2D eigenvalue weighted by molar-refractivity contribution is 5.98. The van der Waals surface area contributed by atoms with Gasteiger partial charge in [0.1, 0.15) is 30.3 Å². The van der Waals surface area contributed by atoms with Crippen LogP contribution in [0.25, 0.3) is 0 Å². The molecule has 2 aliphatic heterocycles. The Morgan fingerprint density at radius 3 is 2.62 bits per heavy atom. The molecule has 2 aliphatic rings. The van der Waals surface area contributed by atoms with Gasteiger partial charge in [-0.25, -0.2) is 4.79 Å². The Hall–Kier alpha value is -2.58. The molecule has 1 aromatic rings. The normalized spacial score (nSPS) is 17.2. The number of ether oxygens (including phenoxy) is 3. The van der Waals surface area contributed by atoms with E-state index in [2.05, 4.69) is 16.8 Å². The lowest BCUT2D eigenvalue weighted by Crippen LogP contribution is -2.45. The summed E-state index contributed by atoms with van der Waals surface area (Å²) in [6.45, 7) is 9.24. The van der Waals surface area contributed by atoms with Crippen molar-refractivity contribution >= 4 is 11.9 Å². The number of benzene rings is 1. The van der Waals surface area contributed by atoms with E-state index < -0.39 is 5.97 Å². The van der Waals surface area contributed by atoms with Crippen LogP contribution in [0, 0.1) is 6.92 Å². The third-order valence-corrected chi connectivity index (χ3v) is 6.29. The van der Waals surface area contributed by atoms with E-state index in [1.54, 1.807) is 7.11 Å². The van der Waals surface area contributed by atoms with E-state index in [-0.39, 0.29) is 23.9 Å². The number of aromatic hydroxyl groups is 1. The lowest BCUT2D eigenvalue weighted by atomic mass is 9.94. The fraction of sp³-hybridized carbons (Fsp3) is 0.583. The number of phenols is 1. The number of rotatable bonds is 9. The Morgan fingerprint density at radius 1 is 1.22 bits per heavy atom. The molecule has 0 radical (unpaired) electrons. The van der Waals surface area contributed by atoms with Gasteiger partial charge in [-0.2, -0.15) is 0 Å². The van der Waals surface area contributed by atoms with E-state index in [0.29, 0.717) is 42.7 Å². The summed E-state index contributed by atoms with van der Waals surface area (Å²) in [7, 11) is 3.66. The molecule has 8 nitrogen and oxygen atoms in total. The van der Waals surface area contributed by atoms with Crippen molar-refractivity contribution in [2.75, 3.05) is 53.5 Å². The van der Waals surface area contributed by atoms with Gasteiger partial charge in [0.2, 0.25) is 0 Å². The summed E-state index contributed by atoms with van der Waals surface area (Å²) in [5.74, 6) is -0.239. The minimum Gasteiger partial charge on any atom is -0.507 e. The zero-order valence-electron chi connectivity index (χ0n) is 19.5. The number of phenolic OH excluding ortho intramolecular Hbond substituents is 1. The summed E-state index contributed by atoms with van der Waals surface area (Å²) in [5.41, 5.74) is 3.26. The Labute approximate surface area is 189 Å². The summed E-state index contributed by atoms with van der Waals surface area (Å²) in [4.78, 5) is 28.7. The summed E-state index contributed by atoms with van der Waals surface area (Å²) >= 11 is 0. The largest absolute Gasteiger partial charge is 0.507 e. The average molecular weight is 447 g/mol. The Balaban J connectivity index is 1.51. The fourth-order valence-electron chi connectivity index (χ4n) is 4.14. The molecule has 0 aromatic heterocycles. The molecular weight excluding hydrogens is 412 g/mol. The van der Waals surface area contributed by atoms with Crippen LogP contribution in [0.5, 0.6) is 11.5 Å². The van der Waals surface area contributed by atoms with Crippen LogP contribution in [0.15, 0.2) is 11.6 Å². The number of hydrogen-bond acceptors (Lipinski definition) is 8. The number of fused-ring (bicyclic) bond motifs is 1. The zero-order valence-corrected chi connectivity index (χ0v) is 19.5. The van der Waals surface area contributed by atoms with Crippen molar-refractivity contribution in [3.63, 3.8) is 0 Å². The van der Waals surface area contributed by atoms with Crippen LogP contribution in [0.2, 0.25) is 0 Å². The third-order valence-electron chi connectivity index (χ3n) is 6.29. The van der Waals surface area contributed by atoms with E-state index in [1.165, 1.54) is 0 Å². The molecule has 0 bridgehead atoms. The number of methoxy groups -OCH3 is 1. The molecule has 3 rings (SSSR count). The molecule has 0 aliphatic carbocycles. The van der Waals surface area contributed by atoms with Crippen LogP contribution in [-0.4, -0.2) is 80.3 Å². The number of carbonyl (C=O) groups is 2. The van der Waals surface area contributed by atoms with Crippen LogP contribution in [0.4, 0.5) is 0 Å². The van der Waals surface area contributed by atoms with Crippen molar-refractivity contribution in [2.24, 2.45) is 0 Å². The van der Waals surface area contributed by atoms with Gasteiger partial charge in [0, 0.05) is 50.3 Å². The third kappa shape index (κ3) is 5.61. The molecule has 0 unspecified atom stereocenters. The zero-order chi connectivity index (χ0) is 23.3. The van der Waals surface area contributed by atoms with Gasteiger partial charge in [-0.05, 0) is 39.3 Å². The number of piperazine rings is 1. The lowest BCUT2D eigenvalue weighted by molar-refractivity contribution is -0.144. The fourth-order valence-corrected chi connectivity index (χ4v) is 4.14. The van der Waals surface area contributed by atoms with E-state index in [0.717, 1.165) is 43.9 Å². The van der Waals surface area contributed by atoms with Crippen LogP contribution >= 0.6 is 0 Å². The van der Waals surface area contributed by atoms with Gasteiger partial charge in [-0.1, -0.05) is 11.6 Å². The quantitative estimate of drug-likeness (QED) is 0.457.